The second-order valence-electron chi connectivity index (χ2n) is 7.66. The average molecular weight is 495 g/mol. The van der Waals surface area contributed by atoms with Gasteiger partial charge in [-0.3, -0.25) is 9.59 Å². The number of amides is 2. The molecule has 0 atom stereocenters. The quantitative estimate of drug-likeness (QED) is 0.436. The van der Waals surface area contributed by atoms with E-state index in [1.54, 1.807) is 31.1 Å². The normalized spacial score (nSPS) is 10.5. The lowest BCUT2D eigenvalue weighted by Crippen LogP contribution is -2.21. The van der Waals surface area contributed by atoms with Gasteiger partial charge in [-0.25, -0.2) is 0 Å². The van der Waals surface area contributed by atoms with Crippen molar-refractivity contribution < 1.29 is 14.3 Å². The Morgan fingerprint density at radius 1 is 0.906 bits per heavy atom. The minimum Gasteiger partial charge on any atom is -0.492 e. The van der Waals surface area contributed by atoms with Crippen LogP contribution in [0.25, 0.3) is 0 Å². The number of hydrogen-bond acceptors (Lipinski definition) is 3. The molecule has 0 spiro atoms. The number of benzene rings is 3. The Hall–Kier alpha value is -3.12. The molecule has 0 fully saturated rings. The lowest BCUT2D eigenvalue weighted by molar-refractivity contribution is -0.128. The van der Waals surface area contributed by atoms with Gasteiger partial charge < -0.3 is 15.0 Å². The van der Waals surface area contributed by atoms with Crippen LogP contribution < -0.4 is 10.1 Å². The predicted octanol–water partition coefficient (Wildman–Crippen LogP) is 5.34. The molecule has 0 aliphatic rings. The van der Waals surface area contributed by atoms with Crippen molar-refractivity contribution in [2.24, 2.45) is 0 Å². The summed E-state index contributed by atoms with van der Waals surface area (Å²) in [4.78, 5) is 26.3. The van der Waals surface area contributed by atoms with E-state index < -0.39 is 0 Å². The van der Waals surface area contributed by atoms with Crippen molar-refractivity contribution in [2.75, 3.05) is 26.0 Å². The molecule has 2 amide bonds. The van der Waals surface area contributed by atoms with E-state index in [4.69, 9.17) is 4.74 Å². The number of aryl methyl sites for hydroxylation is 1. The lowest BCUT2D eigenvalue weighted by Gasteiger charge is -2.13. The highest BCUT2D eigenvalue weighted by Crippen LogP contribution is 2.25. The Bertz CT molecular complexity index is 1050. The number of anilines is 1. The fourth-order valence-corrected chi connectivity index (χ4v) is 3.52. The molecule has 5 nitrogen and oxygen atoms in total. The number of halogens is 1. The number of hydrogen-bond donors (Lipinski definition) is 1. The van der Waals surface area contributed by atoms with Crippen LogP contribution in [0, 0.1) is 0 Å². The van der Waals surface area contributed by atoms with Crippen molar-refractivity contribution in [2.45, 2.75) is 19.3 Å². The van der Waals surface area contributed by atoms with Crippen molar-refractivity contribution in [1.29, 1.82) is 0 Å². The fraction of sp³-hybridized carbons (Fsp3) is 0.231. The molecule has 0 aromatic heterocycles. The first kappa shape index (κ1) is 23.5. The van der Waals surface area contributed by atoms with Gasteiger partial charge in [0.05, 0.1) is 12.2 Å². The lowest BCUT2D eigenvalue weighted by atomic mass is 10.1. The van der Waals surface area contributed by atoms with E-state index >= 15 is 0 Å². The number of ether oxygens (including phenoxy) is 1. The number of carbonyl (C=O) groups is 2. The summed E-state index contributed by atoms with van der Waals surface area (Å²) in [5.41, 5.74) is 3.38. The first-order valence-corrected chi connectivity index (χ1v) is 11.3. The summed E-state index contributed by atoms with van der Waals surface area (Å²) in [6, 6.07) is 23.1. The van der Waals surface area contributed by atoms with Crippen LogP contribution in [0.4, 0.5) is 5.69 Å². The molecule has 0 saturated carbocycles. The molecular weight excluding hydrogens is 468 g/mol. The summed E-state index contributed by atoms with van der Waals surface area (Å²) >= 11 is 3.44. The zero-order chi connectivity index (χ0) is 22.9. The molecule has 6 heteroatoms. The fourth-order valence-electron chi connectivity index (χ4n) is 3.16. The molecule has 0 aliphatic carbocycles. The van der Waals surface area contributed by atoms with E-state index in [2.05, 4.69) is 33.4 Å². The molecular formula is C26H27BrN2O3. The van der Waals surface area contributed by atoms with E-state index in [0.717, 1.165) is 16.5 Å². The van der Waals surface area contributed by atoms with Gasteiger partial charge in [-0.15, -0.1) is 0 Å². The standard InChI is InChI=1S/C26H27BrN2O3/c1-29(2)25(30)15-10-20-8-12-22(13-9-20)28-26(31)23-18-21(27)11-14-24(23)32-17-16-19-6-4-3-5-7-19/h3-9,11-14,18H,10,15-17H2,1-2H3,(H,28,31). The third kappa shape index (κ3) is 6.95. The van der Waals surface area contributed by atoms with E-state index in [1.165, 1.54) is 5.56 Å². The maximum absolute atomic E-state index is 12.9. The summed E-state index contributed by atoms with van der Waals surface area (Å²) in [7, 11) is 3.51. The third-order valence-corrected chi connectivity index (χ3v) is 5.51. The number of nitrogens with zero attached hydrogens (tertiary/aromatic N) is 1. The first-order chi connectivity index (χ1) is 15.4. The monoisotopic (exact) mass is 494 g/mol. The van der Waals surface area contributed by atoms with Crippen LogP contribution in [0.5, 0.6) is 5.75 Å². The van der Waals surface area contributed by atoms with Crippen molar-refractivity contribution in [3.05, 3.63) is 94.0 Å². The second-order valence-corrected chi connectivity index (χ2v) is 8.58. The van der Waals surface area contributed by atoms with Crippen LogP contribution in [0.15, 0.2) is 77.3 Å². The topological polar surface area (TPSA) is 58.6 Å². The average Bonchev–Trinajstić information content (AvgIpc) is 2.80. The van der Waals surface area contributed by atoms with Gasteiger partial charge in [0, 0.05) is 37.1 Å². The highest BCUT2D eigenvalue weighted by Gasteiger charge is 2.14. The van der Waals surface area contributed by atoms with Crippen LogP contribution in [-0.4, -0.2) is 37.4 Å². The van der Waals surface area contributed by atoms with Crippen LogP contribution in [0.2, 0.25) is 0 Å². The Balaban J connectivity index is 1.61. The highest BCUT2D eigenvalue weighted by molar-refractivity contribution is 9.10. The Morgan fingerprint density at radius 2 is 1.59 bits per heavy atom. The van der Waals surface area contributed by atoms with Crippen molar-refractivity contribution >= 4 is 33.4 Å². The third-order valence-electron chi connectivity index (χ3n) is 5.02. The van der Waals surface area contributed by atoms with E-state index in [-0.39, 0.29) is 11.8 Å². The number of nitrogens with one attached hydrogen (secondary N) is 1. The maximum atomic E-state index is 12.9. The second kappa shape index (κ2) is 11.5. The Kier molecular flexibility index (Phi) is 8.45. The van der Waals surface area contributed by atoms with Gasteiger partial charge in [-0.2, -0.15) is 0 Å². The molecule has 0 saturated heterocycles. The smallest absolute Gasteiger partial charge is 0.259 e. The van der Waals surface area contributed by atoms with Gasteiger partial charge in [0.25, 0.3) is 5.91 Å². The molecule has 0 aliphatic heterocycles. The molecule has 3 rings (SSSR count). The molecule has 0 radical (unpaired) electrons. The first-order valence-electron chi connectivity index (χ1n) is 10.5. The minimum absolute atomic E-state index is 0.0943. The SMILES string of the molecule is CN(C)C(=O)CCc1ccc(NC(=O)c2cc(Br)ccc2OCCc2ccccc2)cc1. The largest absolute Gasteiger partial charge is 0.492 e. The van der Waals surface area contributed by atoms with Crippen molar-refractivity contribution in [3.63, 3.8) is 0 Å². The summed E-state index contributed by atoms with van der Waals surface area (Å²) in [6.07, 6.45) is 1.88. The molecule has 1 N–H and O–H groups in total. The van der Waals surface area contributed by atoms with Gasteiger partial charge in [0.1, 0.15) is 5.75 Å². The van der Waals surface area contributed by atoms with Crippen LogP contribution in [-0.2, 0) is 17.6 Å². The van der Waals surface area contributed by atoms with Gasteiger partial charge in [0.15, 0.2) is 0 Å². The number of rotatable bonds is 9. The van der Waals surface area contributed by atoms with Gasteiger partial charge in [-0.1, -0.05) is 58.4 Å². The summed E-state index contributed by atoms with van der Waals surface area (Å²) in [5, 5.41) is 2.93. The Labute approximate surface area is 197 Å². The van der Waals surface area contributed by atoms with E-state index in [0.29, 0.717) is 36.4 Å². The zero-order valence-corrected chi connectivity index (χ0v) is 19.9. The molecule has 0 bridgehead atoms. The van der Waals surface area contributed by atoms with E-state index in [1.807, 2.05) is 48.5 Å². The minimum atomic E-state index is -0.239. The molecule has 0 unspecified atom stereocenters. The predicted molar refractivity (Wildman–Crippen MR) is 131 cm³/mol. The summed E-state index contributed by atoms with van der Waals surface area (Å²) < 4.78 is 6.73. The molecule has 0 heterocycles. The van der Waals surface area contributed by atoms with E-state index in [9.17, 15) is 9.59 Å². The Morgan fingerprint density at radius 3 is 2.28 bits per heavy atom. The maximum Gasteiger partial charge on any atom is 0.259 e. The molecule has 3 aromatic carbocycles. The van der Waals surface area contributed by atoms with Gasteiger partial charge in [-0.05, 0) is 47.9 Å². The summed E-state index contributed by atoms with van der Waals surface area (Å²) in [5.74, 6) is 0.397. The van der Waals surface area contributed by atoms with Gasteiger partial charge >= 0.3 is 0 Å². The van der Waals surface area contributed by atoms with Crippen molar-refractivity contribution in [1.82, 2.24) is 4.90 Å². The molecule has 32 heavy (non-hydrogen) atoms. The highest BCUT2D eigenvalue weighted by atomic mass is 79.9. The van der Waals surface area contributed by atoms with Crippen LogP contribution in [0.1, 0.15) is 27.9 Å². The molecule has 3 aromatic rings. The number of carbonyl (C=O) groups excluding carboxylic acids is 2. The summed E-state index contributed by atoms with van der Waals surface area (Å²) in [6.45, 7) is 0.478. The zero-order valence-electron chi connectivity index (χ0n) is 18.3. The van der Waals surface area contributed by atoms with Crippen molar-refractivity contribution in [3.8, 4) is 5.75 Å². The van der Waals surface area contributed by atoms with Crippen LogP contribution in [0.3, 0.4) is 0 Å². The molecule has 166 valence electrons. The van der Waals surface area contributed by atoms with Gasteiger partial charge in [0.2, 0.25) is 5.91 Å². The van der Waals surface area contributed by atoms with Crippen LogP contribution >= 0.6 is 15.9 Å².